The van der Waals surface area contributed by atoms with E-state index < -0.39 is 42.0 Å². The standard InChI is InChI=1S/C27H39N3O7/c1-4-36-16-24(31)28-17(2)26(33)30-22(14-19-9-11-20(35-3)12-10-19)27(34)29-21(25(32)23-15-37-23)13-18-7-5-6-8-18/h9-12,17-18,21-23H,4-8,13-16H2,1-3H3,(H,28,31)(H,29,34)(H,30,33)/t17-,21-,22-,23+/m0/s1. The maximum atomic E-state index is 13.5. The van der Waals surface area contributed by atoms with E-state index in [4.69, 9.17) is 14.2 Å². The molecule has 1 saturated carbocycles. The third-order valence-electron chi connectivity index (χ3n) is 6.79. The van der Waals surface area contributed by atoms with Crippen LogP contribution in [0.3, 0.4) is 0 Å². The molecule has 0 radical (unpaired) electrons. The highest BCUT2D eigenvalue weighted by molar-refractivity contribution is 5.96. The van der Waals surface area contributed by atoms with Crippen LogP contribution in [0.25, 0.3) is 0 Å². The molecule has 37 heavy (non-hydrogen) atoms. The molecule has 0 spiro atoms. The van der Waals surface area contributed by atoms with Crippen molar-refractivity contribution < 1.29 is 33.4 Å². The van der Waals surface area contributed by atoms with Crippen LogP contribution in [-0.2, 0) is 35.1 Å². The summed E-state index contributed by atoms with van der Waals surface area (Å²) in [6.07, 6.45) is 4.63. The fourth-order valence-corrected chi connectivity index (χ4v) is 4.58. The molecule has 10 heteroatoms. The molecular formula is C27H39N3O7. The van der Waals surface area contributed by atoms with Gasteiger partial charge in [0.25, 0.3) is 0 Å². The Hall–Kier alpha value is -2.98. The van der Waals surface area contributed by atoms with Crippen molar-refractivity contribution in [1.82, 2.24) is 16.0 Å². The van der Waals surface area contributed by atoms with Crippen LogP contribution < -0.4 is 20.7 Å². The molecule has 1 aromatic carbocycles. The van der Waals surface area contributed by atoms with Gasteiger partial charge in [0.2, 0.25) is 17.7 Å². The number of epoxide rings is 1. The lowest BCUT2D eigenvalue weighted by molar-refractivity contribution is -0.134. The zero-order valence-electron chi connectivity index (χ0n) is 21.9. The van der Waals surface area contributed by atoms with Crippen LogP contribution in [0, 0.1) is 5.92 Å². The van der Waals surface area contributed by atoms with Gasteiger partial charge in [-0.2, -0.15) is 0 Å². The van der Waals surface area contributed by atoms with Crippen molar-refractivity contribution in [1.29, 1.82) is 0 Å². The van der Waals surface area contributed by atoms with Crippen molar-refractivity contribution in [3.8, 4) is 5.75 Å². The number of carbonyl (C=O) groups is 4. The zero-order valence-corrected chi connectivity index (χ0v) is 21.9. The molecule has 1 aliphatic heterocycles. The highest BCUT2D eigenvalue weighted by atomic mass is 16.6. The number of hydrogen-bond donors (Lipinski definition) is 3. The minimum atomic E-state index is -0.953. The molecule has 0 aromatic heterocycles. The van der Waals surface area contributed by atoms with Gasteiger partial charge in [0, 0.05) is 13.0 Å². The molecule has 204 valence electrons. The second-order valence-electron chi connectivity index (χ2n) is 9.71. The summed E-state index contributed by atoms with van der Waals surface area (Å²) in [6, 6.07) is 4.69. The molecule has 1 saturated heterocycles. The smallest absolute Gasteiger partial charge is 0.246 e. The first-order chi connectivity index (χ1) is 17.8. The average molecular weight is 518 g/mol. The average Bonchev–Trinajstić information content (AvgIpc) is 3.62. The number of ether oxygens (including phenoxy) is 3. The van der Waals surface area contributed by atoms with E-state index in [1.54, 1.807) is 33.1 Å². The van der Waals surface area contributed by atoms with E-state index in [9.17, 15) is 19.2 Å². The monoisotopic (exact) mass is 517 g/mol. The molecular weight excluding hydrogens is 478 g/mol. The molecule has 0 unspecified atom stereocenters. The van der Waals surface area contributed by atoms with Gasteiger partial charge >= 0.3 is 0 Å². The molecule has 1 aromatic rings. The van der Waals surface area contributed by atoms with Gasteiger partial charge in [0.15, 0.2) is 5.78 Å². The Morgan fingerprint density at radius 2 is 1.65 bits per heavy atom. The van der Waals surface area contributed by atoms with Crippen molar-refractivity contribution in [2.75, 3.05) is 26.9 Å². The lowest BCUT2D eigenvalue weighted by atomic mass is 9.94. The Labute approximate surface area is 218 Å². The summed E-state index contributed by atoms with van der Waals surface area (Å²) >= 11 is 0. The van der Waals surface area contributed by atoms with Crippen molar-refractivity contribution >= 4 is 23.5 Å². The third kappa shape index (κ3) is 9.12. The van der Waals surface area contributed by atoms with Crippen LogP contribution in [-0.4, -0.2) is 74.7 Å². The Kier molecular flexibility index (Phi) is 10.9. The van der Waals surface area contributed by atoms with Crippen LogP contribution in [0.2, 0.25) is 0 Å². The van der Waals surface area contributed by atoms with E-state index in [1.807, 2.05) is 12.1 Å². The minimum absolute atomic E-state index is 0.119. The lowest BCUT2D eigenvalue weighted by Gasteiger charge is -2.25. The number of ketones is 1. The van der Waals surface area contributed by atoms with E-state index >= 15 is 0 Å². The summed E-state index contributed by atoms with van der Waals surface area (Å²) in [4.78, 5) is 51.3. The Morgan fingerprint density at radius 1 is 1.00 bits per heavy atom. The number of hydrogen-bond acceptors (Lipinski definition) is 7. The number of rotatable bonds is 15. The first-order valence-corrected chi connectivity index (χ1v) is 13.1. The Bertz CT molecular complexity index is 926. The SMILES string of the molecule is CCOCC(=O)N[C@@H](C)C(=O)N[C@@H](Cc1ccc(OC)cc1)C(=O)N[C@@H](CC1CCCC1)C(=O)[C@H]1CO1. The van der Waals surface area contributed by atoms with Crippen molar-refractivity contribution in [3.63, 3.8) is 0 Å². The molecule has 3 rings (SSSR count). The first kappa shape index (κ1) is 28.6. The van der Waals surface area contributed by atoms with Crippen molar-refractivity contribution in [2.24, 2.45) is 5.92 Å². The van der Waals surface area contributed by atoms with Gasteiger partial charge in [-0.05, 0) is 43.9 Å². The summed E-state index contributed by atoms with van der Waals surface area (Å²) in [7, 11) is 1.57. The maximum Gasteiger partial charge on any atom is 0.246 e. The molecule has 1 aliphatic carbocycles. The van der Waals surface area contributed by atoms with E-state index in [0.29, 0.717) is 31.3 Å². The highest BCUT2D eigenvalue weighted by Crippen LogP contribution is 2.30. The summed E-state index contributed by atoms with van der Waals surface area (Å²) in [5.41, 5.74) is 0.804. The number of Topliss-reactive ketones (excluding diaryl/α,β-unsaturated/α-hetero) is 1. The number of nitrogens with one attached hydrogen (secondary N) is 3. The quantitative estimate of drug-likeness (QED) is 0.298. The molecule has 1 heterocycles. The topological polar surface area (TPSA) is 135 Å². The van der Waals surface area contributed by atoms with Gasteiger partial charge in [0.1, 0.15) is 30.5 Å². The van der Waals surface area contributed by atoms with E-state index in [2.05, 4.69) is 16.0 Å². The first-order valence-electron chi connectivity index (χ1n) is 13.1. The third-order valence-corrected chi connectivity index (χ3v) is 6.79. The summed E-state index contributed by atoms with van der Waals surface area (Å²) in [5, 5.41) is 8.24. The van der Waals surface area contributed by atoms with E-state index in [1.165, 1.54) is 0 Å². The molecule has 4 atom stereocenters. The number of methoxy groups -OCH3 is 1. The Morgan fingerprint density at radius 3 is 2.24 bits per heavy atom. The van der Waals surface area contributed by atoms with Crippen molar-refractivity contribution in [3.05, 3.63) is 29.8 Å². The molecule has 10 nitrogen and oxygen atoms in total. The van der Waals surface area contributed by atoms with Gasteiger partial charge in [-0.3, -0.25) is 19.2 Å². The summed E-state index contributed by atoms with van der Waals surface area (Å²) < 4.78 is 15.5. The molecule has 0 bridgehead atoms. The molecule has 2 fully saturated rings. The van der Waals surface area contributed by atoms with Crippen LogP contribution in [0.5, 0.6) is 5.75 Å². The molecule has 3 amide bonds. The number of carbonyl (C=O) groups excluding carboxylic acids is 4. The van der Waals surface area contributed by atoms with Crippen molar-refractivity contribution in [2.45, 2.75) is 76.6 Å². The summed E-state index contributed by atoms with van der Waals surface area (Å²) in [6.45, 7) is 3.91. The fraction of sp³-hybridized carbons (Fsp3) is 0.630. The Balaban J connectivity index is 1.71. The second kappa shape index (κ2) is 14.1. The summed E-state index contributed by atoms with van der Waals surface area (Å²) in [5.74, 6) is -0.454. The predicted octanol–water partition coefficient (Wildman–Crippen LogP) is 1.30. The van der Waals surface area contributed by atoms with Gasteiger partial charge < -0.3 is 30.2 Å². The number of amides is 3. The lowest BCUT2D eigenvalue weighted by Crippen LogP contribution is -2.56. The van der Waals surface area contributed by atoms with Gasteiger partial charge in [-0.25, -0.2) is 0 Å². The normalized spacial score (nSPS) is 19.4. The van der Waals surface area contributed by atoms with Gasteiger partial charge in [-0.1, -0.05) is 37.8 Å². The fourth-order valence-electron chi connectivity index (χ4n) is 4.58. The van der Waals surface area contributed by atoms with E-state index in [0.717, 1.165) is 31.2 Å². The van der Waals surface area contributed by atoms with Crippen LogP contribution in [0.15, 0.2) is 24.3 Å². The van der Waals surface area contributed by atoms with Crippen LogP contribution >= 0.6 is 0 Å². The van der Waals surface area contributed by atoms with E-state index in [-0.39, 0.29) is 18.8 Å². The second-order valence-corrected chi connectivity index (χ2v) is 9.71. The highest BCUT2D eigenvalue weighted by Gasteiger charge is 2.39. The molecule has 2 aliphatic rings. The maximum absolute atomic E-state index is 13.5. The number of benzene rings is 1. The van der Waals surface area contributed by atoms with Gasteiger partial charge in [-0.15, -0.1) is 0 Å². The van der Waals surface area contributed by atoms with Gasteiger partial charge in [0.05, 0.1) is 19.8 Å². The molecule has 3 N–H and O–H groups in total. The van der Waals surface area contributed by atoms with Crippen LogP contribution in [0.1, 0.15) is 51.5 Å². The predicted molar refractivity (Wildman–Crippen MR) is 136 cm³/mol. The zero-order chi connectivity index (χ0) is 26.8. The van der Waals surface area contributed by atoms with Crippen LogP contribution in [0.4, 0.5) is 0 Å². The minimum Gasteiger partial charge on any atom is -0.497 e. The largest absolute Gasteiger partial charge is 0.497 e.